The Labute approximate surface area is 122 Å². The molecule has 2 nitrogen and oxygen atoms in total. The van der Waals surface area contributed by atoms with Gasteiger partial charge in [0.05, 0.1) is 12.1 Å². The third-order valence-corrected chi connectivity index (χ3v) is 3.63. The second-order valence-corrected chi connectivity index (χ2v) is 5.30. The molecule has 0 heterocycles. The summed E-state index contributed by atoms with van der Waals surface area (Å²) in [6.45, 7) is 5.47. The molecule has 3 heteroatoms. The lowest BCUT2D eigenvalue weighted by Gasteiger charge is -2.20. The molecule has 1 rings (SSSR count). The van der Waals surface area contributed by atoms with Crippen LogP contribution >= 0.6 is 11.6 Å². The van der Waals surface area contributed by atoms with Crippen molar-refractivity contribution in [3.63, 3.8) is 0 Å². The largest absolute Gasteiger partial charge is 0.495 e. The number of nitrogens with one attached hydrogen (secondary N) is 1. The molecule has 0 spiro atoms. The summed E-state index contributed by atoms with van der Waals surface area (Å²) in [6.07, 6.45) is 6.11. The van der Waals surface area contributed by atoms with E-state index in [2.05, 4.69) is 31.3 Å². The molecule has 0 bridgehead atoms. The Morgan fingerprint density at radius 2 is 2.00 bits per heavy atom. The Kier molecular flexibility index (Phi) is 7.92. The number of methoxy groups -OCH3 is 1. The van der Waals surface area contributed by atoms with Crippen molar-refractivity contribution in [1.82, 2.24) is 5.32 Å². The molecule has 0 radical (unpaired) electrons. The number of rotatable bonds is 9. The van der Waals surface area contributed by atoms with Crippen LogP contribution in [0.5, 0.6) is 5.75 Å². The second-order valence-electron chi connectivity index (χ2n) is 4.90. The summed E-state index contributed by atoms with van der Waals surface area (Å²) < 4.78 is 5.31. The SMILES string of the molecule is CCCCCC(NCCC)c1ccc(Cl)c(OC)c1. The summed E-state index contributed by atoms with van der Waals surface area (Å²) in [7, 11) is 1.66. The number of hydrogen-bond donors (Lipinski definition) is 1. The van der Waals surface area contributed by atoms with Gasteiger partial charge in [-0.25, -0.2) is 0 Å². The summed E-state index contributed by atoms with van der Waals surface area (Å²) in [5, 5.41) is 4.29. The highest BCUT2D eigenvalue weighted by molar-refractivity contribution is 6.32. The van der Waals surface area contributed by atoms with E-state index in [9.17, 15) is 0 Å². The van der Waals surface area contributed by atoms with Gasteiger partial charge in [-0.05, 0) is 37.1 Å². The van der Waals surface area contributed by atoms with Crippen LogP contribution in [0.1, 0.15) is 57.6 Å². The van der Waals surface area contributed by atoms with Gasteiger partial charge in [0.15, 0.2) is 0 Å². The number of unbranched alkanes of at least 4 members (excludes halogenated alkanes) is 2. The third-order valence-electron chi connectivity index (χ3n) is 3.31. The molecular formula is C16H26ClNO. The molecule has 0 saturated heterocycles. The quantitative estimate of drug-likeness (QED) is 0.646. The maximum Gasteiger partial charge on any atom is 0.137 e. The maximum absolute atomic E-state index is 6.09. The highest BCUT2D eigenvalue weighted by atomic mass is 35.5. The van der Waals surface area contributed by atoms with Gasteiger partial charge >= 0.3 is 0 Å². The van der Waals surface area contributed by atoms with E-state index >= 15 is 0 Å². The van der Waals surface area contributed by atoms with Crippen LogP contribution in [0.2, 0.25) is 5.02 Å². The Balaban J connectivity index is 2.76. The van der Waals surface area contributed by atoms with E-state index in [0.717, 1.165) is 18.7 Å². The van der Waals surface area contributed by atoms with E-state index in [1.807, 2.05) is 6.07 Å². The zero-order valence-corrected chi connectivity index (χ0v) is 13.1. The van der Waals surface area contributed by atoms with E-state index in [4.69, 9.17) is 16.3 Å². The first-order chi connectivity index (χ1) is 9.22. The molecular weight excluding hydrogens is 258 g/mol. The normalized spacial score (nSPS) is 12.4. The minimum atomic E-state index is 0.401. The van der Waals surface area contributed by atoms with Crippen LogP contribution in [0, 0.1) is 0 Å². The van der Waals surface area contributed by atoms with Crippen molar-refractivity contribution in [2.24, 2.45) is 0 Å². The summed E-state index contributed by atoms with van der Waals surface area (Å²) in [6, 6.07) is 6.49. The Hall–Kier alpha value is -0.730. The lowest BCUT2D eigenvalue weighted by Crippen LogP contribution is -2.22. The molecule has 1 aromatic carbocycles. The Morgan fingerprint density at radius 1 is 1.21 bits per heavy atom. The first-order valence-electron chi connectivity index (χ1n) is 7.29. The smallest absolute Gasteiger partial charge is 0.137 e. The van der Waals surface area contributed by atoms with Crippen LogP contribution in [0.3, 0.4) is 0 Å². The van der Waals surface area contributed by atoms with Crippen LogP contribution in [-0.4, -0.2) is 13.7 Å². The average molecular weight is 284 g/mol. The van der Waals surface area contributed by atoms with Crippen LogP contribution in [-0.2, 0) is 0 Å². The van der Waals surface area contributed by atoms with Crippen molar-refractivity contribution in [2.45, 2.75) is 52.0 Å². The fourth-order valence-electron chi connectivity index (χ4n) is 2.20. The topological polar surface area (TPSA) is 21.3 Å². The van der Waals surface area contributed by atoms with Gasteiger partial charge in [0, 0.05) is 6.04 Å². The second kappa shape index (κ2) is 9.22. The van der Waals surface area contributed by atoms with E-state index < -0.39 is 0 Å². The summed E-state index contributed by atoms with van der Waals surface area (Å²) in [5.74, 6) is 0.762. The number of hydrogen-bond acceptors (Lipinski definition) is 2. The molecule has 0 aliphatic carbocycles. The maximum atomic E-state index is 6.09. The fourth-order valence-corrected chi connectivity index (χ4v) is 2.39. The van der Waals surface area contributed by atoms with E-state index in [1.54, 1.807) is 7.11 Å². The van der Waals surface area contributed by atoms with Crippen molar-refractivity contribution in [2.75, 3.05) is 13.7 Å². The molecule has 0 saturated carbocycles. The van der Waals surface area contributed by atoms with Gasteiger partial charge in [0.2, 0.25) is 0 Å². The number of benzene rings is 1. The predicted octanol–water partition coefficient (Wildman–Crippen LogP) is 4.97. The first kappa shape index (κ1) is 16.3. The van der Waals surface area contributed by atoms with Crippen LogP contribution < -0.4 is 10.1 Å². The van der Waals surface area contributed by atoms with Gasteiger partial charge in [-0.2, -0.15) is 0 Å². The molecule has 1 atom stereocenters. The third kappa shape index (κ3) is 5.42. The molecule has 19 heavy (non-hydrogen) atoms. The van der Waals surface area contributed by atoms with Crippen molar-refractivity contribution in [1.29, 1.82) is 0 Å². The summed E-state index contributed by atoms with van der Waals surface area (Å²) in [5.41, 5.74) is 1.27. The minimum absolute atomic E-state index is 0.401. The summed E-state index contributed by atoms with van der Waals surface area (Å²) >= 11 is 6.09. The number of halogens is 1. The van der Waals surface area contributed by atoms with E-state index in [0.29, 0.717) is 11.1 Å². The molecule has 1 aromatic rings. The first-order valence-corrected chi connectivity index (χ1v) is 7.67. The molecule has 1 unspecified atom stereocenters. The van der Waals surface area contributed by atoms with Crippen molar-refractivity contribution >= 4 is 11.6 Å². The molecule has 0 aliphatic rings. The van der Waals surface area contributed by atoms with E-state index in [-0.39, 0.29) is 0 Å². The van der Waals surface area contributed by atoms with E-state index in [1.165, 1.54) is 31.2 Å². The standard InChI is InChI=1S/C16H26ClNO/c1-4-6-7-8-15(18-11-5-2)13-9-10-14(17)16(12-13)19-3/h9-10,12,15,18H,4-8,11H2,1-3H3. The lowest BCUT2D eigenvalue weighted by atomic mass is 10.00. The van der Waals surface area contributed by atoms with Gasteiger partial charge in [-0.3, -0.25) is 0 Å². The zero-order valence-electron chi connectivity index (χ0n) is 12.3. The van der Waals surface area contributed by atoms with Crippen LogP contribution in [0.4, 0.5) is 0 Å². The van der Waals surface area contributed by atoms with Gasteiger partial charge in [0.25, 0.3) is 0 Å². The molecule has 0 aromatic heterocycles. The Bertz CT molecular complexity index is 368. The minimum Gasteiger partial charge on any atom is -0.495 e. The van der Waals surface area contributed by atoms with Gasteiger partial charge < -0.3 is 10.1 Å². The van der Waals surface area contributed by atoms with Crippen molar-refractivity contribution in [3.8, 4) is 5.75 Å². The van der Waals surface area contributed by atoms with Gasteiger partial charge in [-0.1, -0.05) is 50.8 Å². The zero-order chi connectivity index (χ0) is 14.1. The van der Waals surface area contributed by atoms with Gasteiger partial charge in [-0.15, -0.1) is 0 Å². The predicted molar refractivity (Wildman–Crippen MR) is 83.2 cm³/mol. The average Bonchev–Trinajstić information content (AvgIpc) is 2.43. The van der Waals surface area contributed by atoms with Gasteiger partial charge in [0.1, 0.15) is 5.75 Å². The van der Waals surface area contributed by atoms with Crippen molar-refractivity contribution in [3.05, 3.63) is 28.8 Å². The molecule has 1 N–H and O–H groups in total. The van der Waals surface area contributed by atoms with Crippen molar-refractivity contribution < 1.29 is 4.74 Å². The van der Waals surface area contributed by atoms with Crippen LogP contribution in [0.25, 0.3) is 0 Å². The molecule has 0 fully saturated rings. The Morgan fingerprint density at radius 3 is 2.63 bits per heavy atom. The lowest BCUT2D eigenvalue weighted by molar-refractivity contribution is 0.411. The highest BCUT2D eigenvalue weighted by Gasteiger charge is 2.12. The molecule has 108 valence electrons. The molecule has 0 aliphatic heterocycles. The monoisotopic (exact) mass is 283 g/mol. The highest BCUT2D eigenvalue weighted by Crippen LogP contribution is 2.29. The van der Waals surface area contributed by atoms with Crippen LogP contribution in [0.15, 0.2) is 18.2 Å². The summed E-state index contributed by atoms with van der Waals surface area (Å²) in [4.78, 5) is 0. The fraction of sp³-hybridized carbons (Fsp3) is 0.625. The molecule has 0 amide bonds. The number of ether oxygens (including phenoxy) is 1.